The average molecular weight is 393 g/mol. The van der Waals surface area contributed by atoms with Crippen LogP contribution in [0.15, 0.2) is 60.7 Å². The minimum atomic E-state index is -0.641. The number of carbonyl (C=O) groups is 2. The van der Waals surface area contributed by atoms with Gasteiger partial charge in [0.25, 0.3) is 5.91 Å². The first-order chi connectivity index (χ1) is 14.0. The van der Waals surface area contributed by atoms with Crippen molar-refractivity contribution in [3.8, 4) is 11.5 Å². The summed E-state index contributed by atoms with van der Waals surface area (Å²) in [5, 5.41) is 5.05. The van der Waals surface area contributed by atoms with Crippen LogP contribution in [0.1, 0.15) is 28.9 Å². The Hall–Kier alpha value is -3.54. The van der Waals surface area contributed by atoms with Crippen LogP contribution in [0.2, 0.25) is 0 Å². The molecule has 0 heterocycles. The molecule has 1 N–H and O–H groups in total. The normalized spacial score (nSPS) is 11.6. The van der Waals surface area contributed by atoms with E-state index in [9.17, 15) is 9.59 Å². The highest BCUT2D eigenvalue weighted by atomic mass is 16.5. The number of ether oxygens (including phenoxy) is 3. The van der Waals surface area contributed by atoms with Gasteiger partial charge in [0.2, 0.25) is 0 Å². The number of hydrogen-bond acceptors (Lipinski definition) is 5. The van der Waals surface area contributed by atoms with Crippen molar-refractivity contribution in [1.29, 1.82) is 0 Å². The topological polar surface area (TPSA) is 73.9 Å². The van der Waals surface area contributed by atoms with Crippen LogP contribution in [0.4, 0.5) is 0 Å². The van der Waals surface area contributed by atoms with Gasteiger partial charge in [-0.3, -0.25) is 4.79 Å². The molecule has 0 aliphatic rings. The van der Waals surface area contributed by atoms with Gasteiger partial charge in [0.15, 0.2) is 6.61 Å². The van der Waals surface area contributed by atoms with Crippen LogP contribution in [0.5, 0.6) is 11.5 Å². The maximum atomic E-state index is 12.3. The molecule has 1 atom stereocenters. The second-order valence-corrected chi connectivity index (χ2v) is 6.50. The van der Waals surface area contributed by atoms with Crippen molar-refractivity contribution in [2.75, 3.05) is 20.8 Å². The highest BCUT2D eigenvalue weighted by molar-refractivity contribution is 5.94. The monoisotopic (exact) mass is 393 g/mol. The lowest BCUT2D eigenvalue weighted by molar-refractivity contribution is -0.124. The molecule has 29 heavy (non-hydrogen) atoms. The van der Waals surface area contributed by atoms with Crippen molar-refractivity contribution in [3.63, 3.8) is 0 Å². The van der Waals surface area contributed by atoms with Gasteiger partial charge in [0.05, 0.1) is 20.3 Å². The van der Waals surface area contributed by atoms with E-state index in [0.717, 1.165) is 16.3 Å². The van der Waals surface area contributed by atoms with Gasteiger partial charge in [0, 0.05) is 6.07 Å². The predicted molar refractivity (Wildman–Crippen MR) is 110 cm³/mol. The smallest absolute Gasteiger partial charge is 0.342 e. The average Bonchev–Trinajstić information content (AvgIpc) is 2.76. The molecule has 1 amide bonds. The van der Waals surface area contributed by atoms with E-state index in [1.165, 1.54) is 20.3 Å². The number of benzene rings is 3. The van der Waals surface area contributed by atoms with Crippen molar-refractivity contribution in [3.05, 3.63) is 71.8 Å². The third-order valence-electron chi connectivity index (χ3n) is 4.63. The molecule has 0 unspecified atom stereocenters. The minimum absolute atomic E-state index is 0.225. The Morgan fingerprint density at radius 1 is 0.966 bits per heavy atom. The Balaban J connectivity index is 1.63. The lowest BCUT2D eigenvalue weighted by Gasteiger charge is -2.17. The van der Waals surface area contributed by atoms with E-state index in [2.05, 4.69) is 5.32 Å². The number of rotatable bonds is 7. The zero-order valence-electron chi connectivity index (χ0n) is 16.6. The Morgan fingerprint density at radius 2 is 1.72 bits per heavy atom. The molecule has 6 heteroatoms. The molecule has 0 aliphatic heterocycles. The maximum absolute atomic E-state index is 12.3. The number of methoxy groups -OCH3 is 2. The number of carbonyl (C=O) groups excluding carboxylic acids is 2. The molecule has 3 aromatic carbocycles. The van der Waals surface area contributed by atoms with Crippen LogP contribution in [0.3, 0.4) is 0 Å². The summed E-state index contributed by atoms with van der Waals surface area (Å²) in [6.45, 7) is 1.51. The van der Waals surface area contributed by atoms with Gasteiger partial charge in [-0.25, -0.2) is 4.79 Å². The zero-order valence-corrected chi connectivity index (χ0v) is 16.6. The van der Waals surface area contributed by atoms with Crippen molar-refractivity contribution in [1.82, 2.24) is 5.32 Å². The van der Waals surface area contributed by atoms with Crippen LogP contribution >= 0.6 is 0 Å². The Kier molecular flexibility index (Phi) is 6.34. The molecule has 3 aromatic rings. The fourth-order valence-electron chi connectivity index (χ4n) is 3.16. The zero-order chi connectivity index (χ0) is 20.8. The summed E-state index contributed by atoms with van der Waals surface area (Å²) in [5.41, 5.74) is 1.22. The first-order valence-corrected chi connectivity index (χ1v) is 9.19. The molecule has 0 aliphatic carbocycles. The molecule has 6 nitrogen and oxygen atoms in total. The molecule has 0 fully saturated rings. The number of amides is 1. The fraction of sp³-hybridized carbons (Fsp3) is 0.217. The van der Waals surface area contributed by atoms with Gasteiger partial charge < -0.3 is 19.5 Å². The van der Waals surface area contributed by atoms with Crippen LogP contribution in [-0.4, -0.2) is 32.7 Å². The quantitative estimate of drug-likeness (QED) is 0.617. The van der Waals surface area contributed by atoms with Gasteiger partial charge >= 0.3 is 5.97 Å². The van der Waals surface area contributed by atoms with Crippen molar-refractivity contribution < 1.29 is 23.8 Å². The van der Waals surface area contributed by atoms with E-state index in [-0.39, 0.29) is 24.1 Å². The number of hydrogen-bond donors (Lipinski definition) is 1. The van der Waals surface area contributed by atoms with Gasteiger partial charge in [-0.1, -0.05) is 42.5 Å². The SMILES string of the molecule is COc1ccc(C(=O)OCC(=O)N[C@@H](C)c2cccc3ccccc23)c(OC)c1. The predicted octanol–water partition coefficient (Wildman–Crippen LogP) is 3.89. The number of fused-ring (bicyclic) bond motifs is 1. The lowest BCUT2D eigenvalue weighted by atomic mass is 10.00. The molecule has 3 rings (SSSR count). The third kappa shape index (κ3) is 4.66. The second kappa shape index (κ2) is 9.10. The van der Waals surface area contributed by atoms with Gasteiger partial charge in [-0.15, -0.1) is 0 Å². The first-order valence-electron chi connectivity index (χ1n) is 9.19. The molecule has 0 aromatic heterocycles. The Morgan fingerprint density at radius 3 is 2.48 bits per heavy atom. The summed E-state index contributed by atoms with van der Waals surface area (Å²) in [4.78, 5) is 24.6. The highest BCUT2D eigenvalue weighted by Gasteiger charge is 2.18. The maximum Gasteiger partial charge on any atom is 0.342 e. The summed E-state index contributed by atoms with van der Waals surface area (Å²) in [6.07, 6.45) is 0. The summed E-state index contributed by atoms with van der Waals surface area (Å²) >= 11 is 0. The third-order valence-corrected chi connectivity index (χ3v) is 4.63. The Labute approximate surface area is 169 Å². The molecule has 0 radical (unpaired) electrons. The van der Waals surface area contributed by atoms with Crippen LogP contribution < -0.4 is 14.8 Å². The van der Waals surface area contributed by atoms with Crippen LogP contribution in [-0.2, 0) is 9.53 Å². The van der Waals surface area contributed by atoms with E-state index in [1.807, 2.05) is 49.4 Å². The number of esters is 1. The highest BCUT2D eigenvalue weighted by Crippen LogP contribution is 2.26. The summed E-state index contributed by atoms with van der Waals surface area (Å²) in [5.74, 6) is -0.150. The Bertz CT molecular complexity index is 1030. The van der Waals surface area contributed by atoms with Crippen LogP contribution in [0, 0.1) is 0 Å². The van der Waals surface area contributed by atoms with Crippen molar-refractivity contribution >= 4 is 22.6 Å². The van der Waals surface area contributed by atoms with E-state index >= 15 is 0 Å². The second-order valence-electron chi connectivity index (χ2n) is 6.50. The van der Waals surface area contributed by atoms with E-state index in [0.29, 0.717) is 11.5 Å². The van der Waals surface area contributed by atoms with Gasteiger partial charge in [-0.2, -0.15) is 0 Å². The summed E-state index contributed by atoms with van der Waals surface area (Å²) in [7, 11) is 2.97. The molecular weight excluding hydrogens is 370 g/mol. The standard InChI is InChI=1S/C23H23NO5/c1-15(18-10-6-8-16-7-4-5-9-19(16)18)24-22(25)14-29-23(26)20-12-11-17(27-2)13-21(20)28-3/h4-13,15H,14H2,1-3H3,(H,24,25)/t15-/m0/s1. The van der Waals surface area contributed by atoms with Gasteiger partial charge in [-0.05, 0) is 35.4 Å². The lowest BCUT2D eigenvalue weighted by Crippen LogP contribution is -2.31. The first kappa shape index (κ1) is 20.2. The fourth-order valence-corrected chi connectivity index (χ4v) is 3.16. The minimum Gasteiger partial charge on any atom is -0.497 e. The molecule has 0 saturated carbocycles. The van der Waals surface area contributed by atoms with E-state index in [4.69, 9.17) is 14.2 Å². The molecule has 0 saturated heterocycles. The van der Waals surface area contributed by atoms with Crippen molar-refractivity contribution in [2.24, 2.45) is 0 Å². The van der Waals surface area contributed by atoms with Gasteiger partial charge in [0.1, 0.15) is 17.1 Å². The molecule has 150 valence electrons. The molecule has 0 bridgehead atoms. The molecular formula is C23H23NO5. The van der Waals surface area contributed by atoms with E-state index < -0.39 is 5.97 Å². The molecule has 0 spiro atoms. The van der Waals surface area contributed by atoms with Crippen LogP contribution in [0.25, 0.3) is 10.8 Å². The summed E-state index contributed by atoms with van der Waals surface area (Å²) < 4.78 is 15.5. The van der Waals surface area contributed by atoms with E-state index in [1.54, 1.807) is 12.1 Å². The largest absolute Gasteiger partial charge is 0.497 e. The summed E-state index contributed by atoms with van der Waals surface area (Å²) in [6, 6.07) is 18.4. The number of nitrogens with one attached hydrogen (secondary N) is 1. The van der Waals surface area contributed by atoms with Crippen molar-refractivity contribution in [2.45, 2.75) is 13.0 Å².